The molecule has 0 amide bonds. The molecule has 1 heterocycles. The third-order valence-electron chi connectivity index (χ3n) is 1.90. The minimum Gasteiger partial charge on any atom is -0.330 e. The van der Waals surface area contributed by atoms with Crippen molar-refractivity contribution >= 4 is 0 Å². The van der Waals surface area contributed by atoms with Crippen LogP contribution in [0.3, 0.4) is 0 Å². The van der Waals surface area contributed by atoms with Crippen molar-refractivity contribution in [1.82, 2.24) is 4.98 Å². The van der Waals surface area contributed by atoms with Crippen LogP contribution in [0.2, 0.25) is 0 Å². The molecule has 0 saturated heterocycles. The molecule has 78 valence electrons. The molecule has 0 spiro atoms. The first-order chi connectivity index (χ1) is 6.45. The number of rotatable bonds is 2. The van der Waals surface area contributed by atoms with E-state index in [-0.39, 0.29) is 0 Å². The summed E-state index contributed by atoms with van der Waals surface area (Å²) in [5.41, 5.74) is 5.74. The first kappa shape index (κ1) is 11.0. The number of nitrogens with two attached hydrogens (primary N) is 1. The Bertz CT molecular complexity index is 320. The molecule has 2 nitrogen and oxygen atoms in total. The molecule has 0 unspecified atom stereocenters. The Kier molecular flexibility index (Phi) is 3.10. The number of aromatic nitrogens is 1. The zero-order chi connectivity index (χ0) is 10.8. The van der Waals surface area contributed by atoms with Gasteiger partial charge in [-0.3, -0.25) is 4.98 Å². The monoisotopic (exact) mass is 204 g/mol. The van der Waals surface area contributed by atoms with Gasteiger partial charge in [0, 0.05) is 18.3 Å². The highest BCUT2D eigenvalue weighted by atomic mass is 19.4. The molecule has 0 fully saturated rings. The minimum absolute atomic E-state index is 0.388. The number of hydrogen-bond acceptors (Lipinski definition) is 2. The van der Waals surface area contributed by atoms with E-state index in [1.165, 1.54) is 0 Å². The Balaban J connectivity index is 3.01. The number of halogens is 3. The minimum atomic E-state index is -4.32. The largest absolute Gasteiger partial charge is 0.417 e. The van der Waals surface area contributed by atoms with Crippen LogP contribution in [0.25, 0.3) is 0 Å². The molecular weight excluding hydrogens is 193 g/mol. The van der Waals surface area contributed by atoms with E-state index in [1.54, 1.807) is 6.92 Å². The molecule has 0 saturated carbocycles. The van der Waals surface area contributed by atoms with Crippen LogP contribution < -0.4 is 5.73 Å². The van der Waals surface area contributed by atoms with Crippen molar-refractivity contribution in [3.63, 3.8) is 0 Å². The Labute approximate surface area is 79.9 Å². The maximum atomic E-state index is 12.2. The van der Waals surface area contributed by atoms with Gasteiger partial charge in [-0.2, -0.15) is 13.2 Å². The summed E-state index contributed by atoms with van der Waals surface area (Å²) >= 11 is 0. The van der Waals surface area contributed by atoms with Crippen LogP contribution in [0.5, 0.6) is 0 Å². The van der Waals surface area contributed by atoms with Gasteiger partial charge in [-0.25, -0.2) is 0 Å². The van der Waals surface area contributed by atoms with Crippen molar-refractivity contribution in [1.29, 1.82) is 0 Å². The fourth-order valence-corrected chi connectivity index (χ4v) is 1.16. The molecular formula is C9H11F3N2. The second kappa shape index (κ2) is 3.96. The molecule has 2 N–H and O–H groups in total. The summed E-state index contributed by atoms with van der Waals surface area (Å²) in [6, 6.07) is 1.10. The molecule has 0 radical (unpaired) electrons. The molecule has 5 heteroatoms. The quantitative estimate of drug-likeness (QED) is 0.799. The molecule has 1 rings (SSSR count). The van der Waals surface area contributed by atoms with Gasteiger partial charge in [0.25, 0.3) is 0 Å². The molecule has 1 aromatic heterocycles. The molecule has 14 heavy (non-hydrogen) atoms. The maximum Gasteiger partial charge on any atom is 0.417 e. The van der Waals surface area contributed by atoms with Crippen molar-refractivity contribution in [2.45, 2.75) is 19.5 Å². The Hall–Kier alpha value is -1.10. The van der Waals surface area contributed by atoms with E-state index in [0.29, 0.717) is 24.2 Å². The van der Waals surface area contributed by atoms with Crippen LogP contribution in [0.15, 0.2) is 12.3 Å². The predicted molar refractivity (Wildman–Crippen MR) is 46.7 cm³/mol. The summed E-state index contributed by atoms with van der Waals surface area (Å²) in [4.78, 5) is 3.73. The van der Waals surface area contributed by atoms with Gasteiger partial charge in [-0.05, 0) is 25.1 Å². The summed E-state index contributed by atoms with van der Waals surface area (Å²) in [7, 11) is 0. The van der Waals surface area contributed by atoms with E-state index in [9.17, 15) is 13.2 Å². The highest BCUT2D eigenvalue weighted by Crippen LogP contribution is 2.29. The number of hydrogen-bond donors (Lipinski definition) is 1. The lowest BCUT2D eigenvalue weighted by atomic mass is 10.1. The normalized spacial score (nSPS) is 11.8. The van der Waals surface area contributed by atoms with Crippen molar-refractivity contribution in [2.75, 3.05) is 6.54 Å². The van der Waals surface area contributed by atoms with Crippen molar-refractivity contribution < 1.29 is 13.2 Å². The van der Waals surface area contributed by atoms with Gasteiger partial charge in [-0.1, -0.05) is 0 Å². The highest BCUT2D eigenvalue weighted by Gasteiger charge is 2.31. The van der Waals surface area contributed by atoms with Gasteiger partial charge in [0.15, 0.2) is 0 Å². The highest BCUT2D eigenvalue weighted by molar-refractivity contribution is 5.26. The zero-order valence-electron chi connectivity index (χ0n) is 7.73. The second-order valence-electron chi connectivity index (χ2n) is 3.02. The maximum absolute atomic E-state index is 12.2. The third kappa shape index (κ3) is 2.45. The van der Waals surface area contributed by atoms with Gasteiger partial charge >= 0.3 is 6.18 Å². The van der Waals surface area contributed by atoms with E-state index in [2.05, 4.69) is 4.98 Å². The van der Waals surface area contributed by atoms with Crippen LogP contribution in [-0.4, -0.2) is 11.5 Å². The molecule has 0 aromatic carbocycles. The fraction of sp³-hybridized carbons (Fsp3) is 0.444. The lowest BCUT2D eigenvalue weighted by Gasteiger charge is -2.09. The molecule has 1 aromatic rings. The van der Waals surface area contributed by atoms with Gasteiger partial charge in [0.1, 0.15) is 0 Å². The van der Waals surface area contributed by atoms with Crippen LogP contribution in [0.4, 0.5) is 13.2 Å². The lowest BCUT2D eigenvalue weighted by molar-refractivity contribution is -0.137. The fourth-order valence-electron chi connectivity index (χ4n) is 1.16. The topological polar surface area (TPSA) is 38.9 Å². The summed E-state index contributed by atoms with van der Waals surface area (Å²) in [6.45, 7) is 1.99. The van der Waals surface area contributed by atoms with Gasteiger partial charge in [-0.15, -0.1) is 0 Å². The van der Waals surface area contributed by atoms with Crippen LogP contribution in [0, 0.1) is 6.92 Å². The molecule has 0 aliphatic rings. The average molecular weight is 204 g/mol. The standard InChI is InChI=1S/C9H11F3N2/c1-6-4-7(9(10,11)12)5-14-8(6)2-3-13/h4-5H,2-3,13H2,1H3. The van der Waals surface area contributed by atoms with Crippen LogP contribution in [0.1, 0.15) is 16.8 Å². The lowest BCUT2D eigenvalue weighted by Crippen LogP contribution is -2.10. The first-order valence-electron chi connectivity index (χ1n) is 4.18. The summed E-state index contributed by atoms with van der Waals surface area (Å²) in [5, 5.41) is 0. The zero-order valence-corrected chi connectivity index (χ0v) is 7.73. The SMILES string of the molecule is Cc1cc(C(F)(F)F)cnc1CCN. The van der Waals surface area contributed by atoms with Crippen LogP contribution >= 0.6 is 0 Å². The Morgan fingerprint density at radius 3 is 2.50 bits per heavy atom. The van der Waals surface area contributed by atoms with Crippen molar-refractivity contribution in [3.8, 4) is 0 Å². The van der Waals surface area contributed by atoms with Crippen LogP contribution in [-0.2, 0) is 12.6 Å². The predicted octanol–water partition coefficient (Wildman–Crippen LogP) is 1.91. The van der Waals surface area contributed by atoms with E-state index in [4.69, 9.17) is 5.73 Å². The summed E-state index contributed by atoms with van der Waals surface area (Å²) in [6.07, 6.45) is -2.97. The number of aryl methyl sites for hydroxylation is 1. The number of pyridine rings is 1. The Morgan fingerprint density at radius 1 is 1.43 bits per heavy atom. The van der Waals surface area contributed by atoms with Crippen molar-refractivity contribution in [2.24, 2.45) is 5.73 Å². The van der Waals surface area contributed by atoms with Gasteiger partial charge in [0.2, 0.25) is 0 Å². The Morgan fingerprint density at radius 2 is 2.07 bits per heavy atom. The second-order valence-corrected chi connectivity index (χ2v) is 3.02. The number of nitrogens with zero attached hydrogens (tertiary/aromatic N) is 1. The number of alkyl halides is 3. The molecule has 0 aliphatic heterocycles. The molecule has 0 aliphatic carbocycles. The smallest absolute Gasteiger partial charge is 0.330 e. The molecule has 0 bridgehead atoms. The van der Waals surface area contributed by atoms with Gasteiger partial charge in [0.05, 0.1) is 5.56 Å². The summed E-state index contributed by atoms with van der Waals surface area (Å²) in [5.74, 6) is 0. The third-order valence-corrected chi connectivity index (χ3v) is 1.90. The average Bonchev–Trinajstić information content (AvgIpc) is 2.07. The van der Waals surface area contributed by atoms with E-state index in [1.807, 2.05) is 0 Å². The molecule has 0 atom stereocenters. The van der Waals surface area contributed by atoms with E-state index in [0.717, 1.165) is 12.3 Å². The summed E-state index contributed by atoms with van der Waals surface area (Å²) < 4.78 is 36.7. The first-order valence-corrected chi connectivity index (χ1v) is 4.18. The van der Waals surface area contributed by atoms with Crippen molar-refractivity contribution in [3.05, 3.63) is 29.1 Å². The van der Waals surface area contributed by atoms with E-state index >= 15 is 0 Å². The van der Waals surface area contributed by atoms with E-state index < -0.39 is 11.7 Å². The van der Waals surface area contributed by atoms with Gasteiger partial charge < -0.3 is 5.73 Å².